The van der Waals surface area contributed by atoms with E-state index in [2.05, 4.69) is 4.98 Å². The first-order valence-corrected chi connectivity index (χ1v) is 10.1. The molecule has 0 unspecified atom stereocenters. The Bertz CT molecular complexity index is 1150. The van der Waals surface area contributed by atoms with Crippen molar-refractivity contribution in [2.75, 3.05) is 13.7 Å². The topological polar surface area (TPSA) is 67.3 Å². The van der Waals surface area contributed by atoms with Gasteiger partial charge in [0, 0.05) is 25.8 Å². The van der Waals surface area contributed by atoms with E-state index >= 15 is 0 Å². The number of fused-ring (bicyclic) bond motifs is 1. The molecular formula is C22H23N3O3S. The molecule has 0 bridgehead atoms. The first-order chi connectivity index (χ1) is 14.0. The molecule has 1 amide bonds. The second-order valence-corrected chi connectivity index (χ2v) is 7.77. The molecule has 7 heteroatoms. The summed E-state index contributed by atoms with van der Waals surface area (Å²) in [6.45, 7) is 1.69. The van der Waals surface area contributed by atoms with E-state index in [1.807, 2.05) is 30.3 Å². The number of hydrogen-bond donors (Lipinski definition) is 1. The fourth-order valence-electron chi connectivity index (χ4n) is 3.69. The van der Waals surface area contributed by atoms with Crippen LogP contribution in [0.25, 0.3) is 10.9 Å². The lowest BCUT2D eigenvalue weighted by molar-refractivity contribution is 0.0785. The van der Waals surface area contributed by atoms with E-state index in [0.29, 0.717) is 34.3 Å². The molecule has 0 radical (unpaired) electrons. The van der Waals surface area contributed by atoms with Crippen molar-refractivity contribution < 1.29 is 9.53 Å². The summed E-state index contributed by atoms with van der Waals surface area (Å²) in [5.41, 5.74) is 1.98. The monoisotopic (exact) mass is 409 g/mol. The van der Waals surface area contributed by atoms with Gasteiger partial charge in [0.25, 0.3) is 11.5 Å². The van der Waals surface area contributed by atoms with Crippen molar-refractivity contribution in [1.29, 1.82) is 0 Å². The fourth-order valence-corrected chi connectivity index (χ4v) is 3.96. The van der Waals surface area contributed by atoms with E-state index in [-0.39, 0.29) is 17.6 Å². The highest BCUT2D eigenvalue weighted by atomic mass is 32.1. The van der Waals surface area contributed by atoms with Gasteiger partial charge in [-0.3, -0.25) is 14.2 Å². The molecule has 0 aliphatic carbocycles. The Hall–Kier alpha value is -2.77. The van der Waals surface area contributed by atoms with Crippen LogP contribution in [-0.2, 0) is 17.8 Å². The molecule has 150 valence electrons. The summed E-state index contributed by atoms with van der Waals surface area (Å²) in [5, 5.41) is 0.513. The highest BCUT2D eigenvalue weighted by Gasteiger charge is 2.19. The molecule has 0 spiro atoms. The molecule has 1 N–H and O–H groups in total. The van der Waals surface area contributed by atoms with Crippen LogP contribution >= 0.6 is 12.2 Å². The quantitative estimate of drug-likeness (QED) is 0.655. The second kappa shape index (κ2) is 8.31. The lowest BCUT2D eigenvalue weighted by Crippen LogP contribution is -2.28. The summed E-state index contributed by atoms with van der Waals surface area (Å²) in [6, 6.07) is 14.9. The van der Waals surface area contributed by atoms with Crippen molar-refractivity contribution in [1.82, 2.24) is 14.5 Å². The van der Waals surface area contributed by atoms with Crippen LogP contribution in [0.4, 0.5) is 0 Å². The smallest absolute Gasteiger partial charge is 0.262 e. The molecule has 1 aliphatic heterocycles. The van der Waals surface area contributed by atoms with Crippen molar-refractivity contribution in [3.8, 4) is 0 Å². The third-order valence-corrected chi connectivity index (χ3v) is 5.57. The van der Waals surface area contributed by atoms with Crippen LogP contribution in [0, 0.1) is 4.77 Å². The molecule has 4 rings (SSSR count). The van der Waals surface area contributed by atoms with Gasteiger partial charge in [0.1, 0.15) is 0 Å². The van der Waals surface area contributed by atoms with E-state index < -0.39 is 0 Å². The molecule has 2 aromatic carbocycles. The zero-order valence-corrected chi connectivity index (χ0v) is 17.1. The standard InChI is InChI=1S/C22H23N3O3S/c1-24(13-15-6-3-2-4-7-15)20(26)16-9-10-18-19(12-16)23-22(29)25(21(18)27)14-17-8-5-11-28-17/h2-4,6-7,9-10,12,17H,5,8,11,13-14H2,1H3,(H,23,29)/t17-/m1/s1. The minimum atomic E-state index is -0.157. The van der Waals surface area contributed by atoms with Gasteiger partial charge in [-0.1, -0.05) is 30.3 Å². The molecule has 2 heterocycles. The number of nitrogens with zero attached hydrogens (tertiary/aromatic N) is 2. The predicted molar refractivity (Wildman–Crippen MR) is 115 cm³/mol. The van der Waals surface area contributed by atoms with Gasteiger partial charge < -0.3 is 14.6 Å². The number of nitrogens with one attached hydrogen (secondary N) is 1. The molecular weight excluding hydrogens is 386 g/mol. The first-order valence-electron chi connectivity index (χ1n) is 9.71. The van der Waals surface area contributed by atoms with E-state index in [1.54, 1.807) is 34.7 Å². The maximum atomic E-state index is 12.9. The highest BCUT2D eigenvalue weighted by molar-refractivity contribution is 7.71. The second-order valence-electron chi connectivity index (χ2n) is 7.39. The Morgan fingerprint density at radius 2 is 2.07 bits per heavy atom. The van der Waals surface area contributed by atoms with Gasteiger partial charge in [0.15, 0.2) is 4.77 Å². The SMILES string of the molecule is CN(Cc1ccccc1)C(=O)c1ccc2c(=O)n(C[C@H]3CCCO3)c(=S)[nH]c2c1. The minimum absolute atomic E-state index is 0.0211. The summed E-state index contributed by atoms with van der Waals surface area (Å²) in [6.07, 6.45) is 1.96. The summed E-state index contributed by atoms with van der Waals surface area (Å²) < 4.78 is 7.53. The van der Waals surface area contributed by atoms with Crippen LogP contribution in [0.3, 0.4) is 0 Å². The van der Waals surface area contributed by atoms with Crippen LogP contribution in [0.1, 0.15) is 28.8 Å². The van der Waals surface area contributed by atoms with E-state index in [9.17, 15) is 9.59 Å². The number of aromatic amines is 1. The average Bonchev–Trinajstić information content (AvgIpc) is 3.24. The highest BCUT2D eigenvalue weighted by Crippen LogP contribution is 2.16. The van der Waals surface area contributed by atoms with E-state index in [1.165, 1.54) is 0 Å². The molecule has 1 fully saturated rings. The van der Waals surface area contributed by atoms with Gasteiger partial charge in [-0.25, -0.2) is 0 Å². The van der Waals surface area contributed by atoms with Gasteiger partial charge in [0.05, 0.1) is 23.6 Å². The van der Waals surface area contributed by atoms with Crippen molar-refractivity contribution in [2.24, 2.45) is 0 Å². The van der Waals surface area contributed by atoms with E-state index in [0.717, 1.165) is 25.0 Å². The Labute approximate surface area is 173 Å². The summed E-state index contributed by atoms with van der Waals surface area (Å²) in [4.78, 5) is 30.5. The zero-order chi connectivity index (χ0) is 20.4. The van der Waals surface area contributed by atoms with Gasteiger partial charge in [0.2, 0.25) is 0 Å². The number of ether oxygens (including phenoxy) is 1. The van der Waals surface area contributed by atoms with Gasteiger partial charge >= 0.3 is 0 Å². The molecule has 1 aliphatic rings. The molecule has 1 saturated heterocycles. The number of carbonyl (C=O) groups excluding carboxylic acids is 1. The van der Waals surface area contributed by atoms with Crippen LogP contribution in [-0.4, -0.2) is 40.1 Å². The van der Waals surface area contributed by atoms with Crippen LogP contribution in [0.5, 0.6) is 0 Å². The van der Waals surface area contributed by atoms with Crippen LogP contribution in [0.15, 0.2) is 53.3 Å². The summed E-state index contributed by atoms with van der Waals surface area (Å²) in [5.74, 6) is -0.112. The third-order valence-electron chi connectivity index (χ3n) is 5.25. The fraction of sp³-hybridized carbons (Fsp3) is 0.318. The maximum absolute atomic E-state index is 12.9. The third kappa shape index (κ3) is 4.16. The Kier molecular flexibility index (Phi) is 5.60. The van der Waals surface area contributed by atoms with Crippen molar-refractivity contribution in [2.45, 2.75) is 32.0 Å². The summed E-state index contributed by atoms with van der Waals surface area (Å²) in [7, 11) is 1.77. The minimum Gasteiger partial charge on any atom is -0.376 e. The first kappa shape index (κ1) is 19.5. The molecule has 3 aromatic rings. The van der Waals surface area contributed by atoms with Gasteiger partial charge in [-0.2, -0.15) is 0 Å². The van der Waals surface area contributed by atoms with Crippen molar-refractivity contribution in [3.63, 3.8) is 0 Å². The predicted octanol–water partition coefficient (Wildman–Crippen LogP) is 3.51. The van der Waals surface area contributed by atoms with Crippen LogP contribution < -0.4 is 5.56 Å². The molecule has 0 saturated carbocycles. The van der Waals surface area contributed by atoms with Crippen molar-refractivity contribution in [3.05, 3.63) is 74.8 Å². The molecule has 6 nitrogen and oxygen atoms in total. The number of H-pyrrole nitrogens is 1. The zero-order valence-electron chi connectivity index (χ0n) is 16.3. The number of benzene rings is 2. The van der Waals surface area contributed by atoms with Crippen molar-refractivity contribution >= 4 is 29.0 Å². The molecule has 1 atom stereocenters. The molecule has 29 heavy (non-hydrogen) atoms. The number of carbonyl (C=O) groups is 1. The lowest BCUT2D eigenvalue weighted by atomic mass is 10.1. The summed E-state index contributed by atoms with van der Waals surface area (Å²) >= 11 is 5.41. The maximum Gasteiger partial charge on any atom is 0.262 e. The number of amides is 1. The number of hydrogen-bond acceptors (Lipinski definition) is 4. The van der Waals surface area contributed by atoms with E-state index in [4.69, 9.17) is 17.0 Å². The normalized spacial score (nSPS) is 16.2. The molecule has 1 aromatic heterocycles. The van der Waals surface area contributed by atoms with Gasteiger partial charge in [-0.05, 0) is 48.8 Å². The Morgan fingerprint density at radius 3 is 2.79 bits per heavy atom. The largest absolute Gasteiger partial charge is 0.376 e. The Morgan fingerprint density at radius 1 is 1.28 bits per heavy atom. The lowest BCUT2D eigenvalue weighted by Gasteiger charge is -2.18. The number of aromatic nitrogens is 2. The van der Waals surface area contributed by atoms with Crippen LogP contribution in [0.2, 0.25) is 0 Å². The van der Waals surface area contributed by atoms with Gasteiger partial charge in [-0.15, -0.1) is 0 Å². The average molecular weight is 410 g/mol. The Balaban J connectivity index is 1.61. The number of rotatable bonds is 5.